The van der Waals surface area contributed by atoms with Gasteiger partial charge in [0.05, 0.1) is 13.0 Å². The third-order valence-corrected chi connectivity index (χ3v) is 9.12. The number of hydrogen-bond acceptors (Lipinski definition) is 8. The molecule has 5 amide bonds. The van der Waals surface area contributed by atoms with Crippen LogP contribution in [0.5, 0.6) is 0 Å². The van der Waals surface area contributed by atoms with Gasteiger partial charge in [-0.1, -0.05) is 58.0 Å². The lowest BCUT2D eigenvalue weighted by atomic mass is 9.96. The van der Waals surface area contributed by atoms with Crippen LogP contribution in [0.15, 0.2) is 30.3 Å². The number of amides is 5. The second kappa shape index (κ2) is 16.4. The number of ether oxygens (including phenoxy) is 1. The number of alkyl carbamates (subject to hydrolysis) is 1. The molecule has 1 saturated heterocycles. The smallest absolute Gasteiger partial charge is 0.408 e. The van der Waals surface area contributed by atoms with E-state index in [2.05, 4.69) is 16.0 Å². The second-order valence-corrected chi connectivity index (χ2v) is 13.8. The zero-order valence-electron chi connectivity index (χ0n) is 25.4. The van der Waals surface area contributed by atoms with E-state index < -0.39 is 55.5 Å². The van der Waals surface area contributed by atoms with Gasteiger partial charge in [0.25, 0.3) is 5.91 Å². The van der Waals surface area contributed by atoms with Crippen LogP contribution in [0.1, 0.15) is 59.4 Å². The van der Waals surface area contributed by atoms with Gasteiger partial charge in [-0.25, -0.2) is 4.79 Å². The van der Waals surface area contributed by atoms with E-state index in [-0.39, 0.29) is 43.5 Å². The number of carbonyl (C=O) groups is 5. The maximum absolute atomic E-state index is 14.1. The number of hydrogen-bond donors (Lipinski definition) is 3. The summed E-state index contributed by atoms with van der Waals surface area (Å²) in [6.07, 6.45) is -1.15. The molecule has 1 aliphatic rings. The first-order chi connectivity index (χ1) is 19.8. The lowest BCUT2D eigenvalue weighted by Crippen LogP contribution is -2.49. The van der Waals surface area contributed by atoms with Gasteiger partial charge in [0.15, 0.2) is 0 Å². The Kier molecular flexibility index (Phi) is 13.7. The van der Waals surface area contributed by atoms with Gasteiger partial charge in [-0.3, -0.25) is 28.6 Å². The van der Waals surface area contributed by atoms with Crippen LogP contribution in [-0.4, -0.2) is 72.8 Å². The van der Waals surface area contributed by atoms with Crippen LogP contribution in [0.2, 0.25) is 0 Å². The maximum atomic E-state index is 14.1. The summed E-state index contributed by atoms with van der Waals surface area (Å²) in [6, 6.07) is 7.04. The Morgan fingerprint density at radius 3 is 2.24 bits per heavy atom. The van der Waals surface area contributed by atoms with Crippen molar-refractivity contribution in [2.24, 2.45) is 17.8 Å². The molecule has 2 rings (SSSR count). The molecule has 0 bridgehead atoms. The molecule has 0 spiro atoms. The van der Waals surface area contributed by atoms with Crippen LogP contribution in [-0.2, 0) is 39.6 Å². The van der Waals surface area contributed by atoms with Crippen LogP contribution < -0.4 is 16.0 Å². The summed E-state index contributed by atoms with van der Waals surface area (Å²) in [6.45, 7) is 9.36. The molecule has 0 radical (unpaired) electrons. The number of rotatable bonds is 16. The summed E-state index contributed by atoms with van der Waals surface area (Å²) in [4.78, 5) is 64.8. The van der Waals surface area contributed by atoms with Gasteiger partial charge < -0.3 is 25.2 Å². The third kappa shape index (κ3) is 10.9. The highest BCUT2D eigenvalue weighted by Gasteiger charge is 2.44. The molecule has 1 heterocycles. The lowest BCUT2D eigenvalue weighted by Gasteiger charge is -2.28. The molecule has 1 aliphatic heterocycles. The fourth-order valence-corrected chi connectivity index (χ4v) is 7.28. The summed E-state index contributed by atoms with van der Waals surface area (Å²) >= 11 is 0. The molecule has 13 heteroatoms. The predicted octanol–water partition coefficient (Wildman–Crippen LogP) is 3.25. The molecule has 0 aliphatic carbocycles. The predicted molar refractivity (Wildman–Crippen MR) is 157 cm³/mol. The van der Waals surface area contributed by atoms with Gasteiger partial charge in [-0.05, 0) is 37.2 Å². The standard InChI is InChI=1S/C29H45N4O8P/c1-7-41-42(39,17-22(13-19(2)3)26(35)31-23(14-20(4)5)27(36)30-6)18-33-25(34)15-24(28(33)37)32-29(38)40-16-21-11-9-8-10-12-21/h8-12,19-20,22-24H,7,13-18H2,1-6H3,(H,30,36)(H,31,35)(H,32,38)/t22-,23+,24+,42?/m1/s1. The number of carbonyl (C=O) groups excluding carboxylic acids is 5. The Labute approximate surface area is 248 Å². The van der Waals surface area contributed by atoms with Gasteiger partial charge in [0, 0.05) is 19.1 Å². The topological polar surface area (TPSA) is 160 Å². The van der Waals surface area contributed by atoms with Crippen molar-refractivity contribution >= 4 is 37.1 Å². The Bertz CT molecular complexity index is 1140. The molecule has 1 aromatic rings. The molecular weight excluding hydrogens is 563 g/mol. The molecule has 42 heavy (non-hydrogen) atoms. The molecule has 1 unspecified atom stereocenters. The van der Waals surface area contributed by atoms with Crippen molar-refractivity contribution in [1.29, 1.82) is 0 Å². The summed E-state index contributed by atoms with van der Waals surface area (Å²) in [5, 5.41) is 7.77. The summed E-state index contributed by atoms with van der Waals surface area (Å²) in [5.74, 6) is -2.73. The number of imide groups is 1. The molecule has 3 N–H and O–H groups in total. The molecule has 4 atom stereocenters. The Morgan fingerprint density at radius 2 is 1.67 bits per heavy atom. The zero-order chi connectivity index (χ0) is 31.4. The first kappa shape index (κ1) is 35.0. The van der Waals surface area contributed by atoms with E-state index in [0.29, 0.717) is 12.8 Å². The van der Waals surface area contributed by atoms with Gasteiger partial charge in [-0.15, -0.1) is 0 Å². The highest BCUT2D eigenvalue weighted by molar-refractivity contribution is 7.59. The molecule has 0 saturated carbocycles. The normalized spacial score (nSPS) is 18.0. The van der Waals surface area contributed by atoms with E-state index in [1.807, 2.05) is 33.8 Å². The minimum Gasteiger partial charge on any atom is -0.445 e. The Balaban J connectivity index is 2.13. The van der Waals surface area contributed by atoms with Gasteiger partial charge in [-0.2, -0.15) is 0 Å². The van der Waals surface area contributed by atoms with E-state index >= 15 is 0 Å². The molecular formula is C29H45N4O8P. The van der Waals surface area contributed by atoms with Crippen LogP contribution >= 0.6 is 7.37 Å². The van der Waals surface area contributed by atoms with Crippen LogP contribution in [0.25, 0.3) is 0 Å². The first-order valence-electron chi connectivity index (χ1n) is 14.3. The number of likely N-dealkylation sites (N-methyl/N-ethyl adjacent to an activating group) is 1. The molecule has 1 fully saturated rings. The second-order valence-electron chi connectivity index (χ2n) is 11.3. The van der Waals surface area contributed by atoms with E-state index in [1.54, 1.807) is 31.2 Å². The average molecular weight is 609 g/mol. The highest BCUT2D eigenvalue weighted by atomic mass is 31.2. The largest absolute Gasteiger partial charge is 0.445 e. The molecule has 12 nitrogen and oxygen atoms in total. The van der Waals surface area contributed by atoms with E-state index in [4.69, 9.17) is 9.26 Å². The van der Waals surface area contributed by atoms with Crippen molar-refractivity contribution in [3.63, 3.8) is 0 Å². The van der Waals surface area contributed by atoms with Crippen molar-refractivity contribution in [2.75, 3.05) is 26.1 Å². The van der Waals surface area contributed by atoms with Crippen LogP contribution in [0.4, 0.5) is 4.79 Å². The highest BCUT2D eigenvalue weighted by Crippen LogP contribution is 2.50. The number of likely N-dealkylation sites (tertiary alicyclic amines) is 1. The van der Waals surface area contributed by atoms with Gasteiger partial charge >= 0.3 is 6.09 Å². The van der Waals surface area contributed by atoms with E-state index in [0.717, 1.165) is 10.5 Å². The molecule has 234 valence electrons. The van der Waals surface area contributed by atoms with Crippen molar-refractivity contribution in [3.05, 3.63) is 35.9 Å². The lowest BCUT2D eigenvalue weighted by molar-refractivity contribution is -0.138. The average Bonchev–Trinajstić information content (AvgIpc) is 3.17. The van der Waals surface area contributed by atoms with E-state index in [9.17, 15) is 28.5 Å². The maximum Gasteiger partial charge on any atom is 0.408 e. The van der Waals surface area contributed by atoms with Crippen molar-refractivity contribution in [1.82, 2.24) is 20.9 Å². The van der Waals surface area contributed by atoms with Crippen molar-refractivity contribution in [2.45, 2.75) is 72.6 Å². The third-order valence-electron chi connectivity index (χ3n) is 6.68. The Hall–Kier alpha value is -3.24. The van der Waals surface area contributed by atoms with Crippen molar-refractivity contribution in [3.8, 4) is 0 Å². The fourth-order valence-electron chi connectivity index (χ4n) is 4.79. The summed E-state index contributed by atoms with van der Waals surface area (Å²) < 4.78 is 24.8. The molecule has 0 aromatic heterocycles. The minimum atomic E-state index is -3.75. The van der Waals surface area contributed by atoms with Gasteiger partial charge in [0.2, 0.25) is 25.1 Å². The SMILES string of the molecule is CCOP(=O)(C[C@@H](CC(C)C)C(=O)N[C@@H](CC(C)C)C(=O)NC)CN1C(=O)C[C@H](NC(=O)OCc2ccccc2)C1=O. The first-order valence-corrected chi connectivity index (χ1v) is 16.3. The monoisotopic (exact) mass is 608 g/mol. The van der Waals surface area contributed by atoms with Crippen LogP contribution in [0, 0.1) is 17.8 Å². The number of nitrogens with one attached hydrogen (secondary N) is 3. The number of nitrogens with zero attached hydrogens (tertiary/aromatic N) is 1. The molecule has 1 aromatic carbocycles. The van der Waals surface area contributed by atoms with Crippen LogP contribution in [0.3, 0.4) is 0 Å². The Morgan fingerprint density at radius 1 is 1.02 bits per heavy atom. The minimum absolute atomic E-state index is 0.0119. The van der Waals surface area contributed by atoms with E-state index in [1.165, 1.54) is 7.05 Å². The van der Waals surface area contributed by atoms with Crippen molar-refractivity contribution < 1.29 is 37.8 Å². The van der Waals surface area contributed by atoms with Gasteiger partial charge in [0.1, 0.15) is 25.0 Å². The zero-order valence-corrected chi connectivity index (χ0v) is 26.3. The summed E-state index contributed by atoms with van der Waals surface area (Å²) in [7, 11) is -2.25. The quantitative estimate of drug-likeness (QED) is 0.190. The number of benzene rings is 1. The fraction of sp³-hybridized carbons (Fsp3) is 0.621. The summed E-state index contributed by atoms with van der Waals surface area (Å²) in [5.41, 5.74) is 0.756.